The minimum Gasteiger partial charge on any atom is -0.493 e. The van der Waals surface area contributed by atoms with Gasteiger partial charge in [-0.1, -0.05) is 29.8 Å². The monoisotopic (exact) mass is 474 g/mol. The molecule has 0 aliphatic heterocycles. The molecule has 172 valence electrons. The molecule has 0 fully saturated rings. The van der Waals surface area contributed by atoms with Gasteiger partial charge in [0.05, 0.1) is 32.6 Å². The lowest BCUT2D eigenvalue weighted by molar-refractivity contribution is -0.139. The highest BCUT2D eigenvalue weighted by molar-refractivity contribution is 6.31. The Balaban J connectivity index is 2.41. The molecule has 0 atom stereocenters. The van der Waals surface area contributed by atoms with Crippen molar-refractivity contribution >= 4 is 29.5 Å². The topological polar surface area (TPSA) is 126 Å². The number of para-hydroxylation sites is 1. The van der Waals surface area contributed by atoms with Crippen LogP contribution in [0.15, 0.2) is 42.5 Å². The van der Waals surface area contributed by atoms with Gasteiger partial charge in [-0.15, -0.1) is 0 Å². The fourth-order valence-electron chi connectivity index (χ4n) is 3.12. The predicted molar refractivity (Wildman–Crippen MR) is 116 cm³/mol. The number of benzene rings is 2. The largest absolute Gasteiger partial charge is 0.493 e. The lowest BCUT2D eigenvalue weighted by Crippen LogP contribution is -2.15. The van der Waals surface area contributed by atoms with Crippen LogP contribution in [0, 0.1) is 0 Å². The van der Waals surface area contributed by atoms with E-state index in [1.165, 1.54) is 23.9 Å². The Bertz CT molecular complexity index is 1210. The molecule has 0 saturated carbocycles. The fraction of sp³-hybridized carbons (Fsp3) is 0.182. The lowest BCUT2D eigenvalue weighted by Gasteiger charge is -2.14. The number of esters is 2. The molecule has 2 aromatic carbocycles. The number of carbonyl (C=O) groups is 3. The van der Waals surface area contributed by atoms with E-state index in [4.69, 9.17) is 35.7 Å². The van der Waals surface area contributed by atoms with Crippen molar-refractivity contribution in [3.63, 3.8) is 0 Å². The Labute approximate surface area is 193 Å². The number of carboxylic acid groups (broad SMARTS) is 1. The highest BCUT2D eigenvalue weighted by Gasteiger charge is 2.33. The third-order valence-corrected chi connectivity index (χ3v) is 4.71. The van der Waals surface area contributed by atoms with E-state index in [9.17, 15) is 14.4 Å². The van der Waals surface area contributed by atoms with Crippen LogP contribution in [-0.2, 0) is 14.3 Å². The second-order valence-electron chi connectivity index (χ2n) is 6.47. The summed E-state index contributed by atoms with van der Waals surface area (Å²) in [5.41, 5.74) is 0.0933. The van der Waals surface area contributed by atoms with Gasteiger partial charge in [-0.2, -0.15) is 5.10 Å². The van der Waals surface area contributed by atoms with Crippen molar-refractivity contribution in [2.45, 2.75) is 0 Å². The van der Waals surface area contributed by atoms with E-state index in [2.05, 4.69) is 5.10 Å². The van der Waals surface area contributed by atoms with E-state index in [0.717, 1.165) is 14.2 Å². The third kappa shape index (κ3) is 4.75. The van der Waals surface area contributed by atoms with Crippen molar-refractivity contribution in [2.24, 2.45) is 0 Å². The van der Waals surface area contributed by atoms with Gasteiger partial charge in [0.1, 0.15) is 11.3 Å². The summed E-state index contributed by atoms with van der Waals surface area (Å²) < 4.78 is 21.8. The van der Waals surface area contributed by atoms with E-state index in [1.54, 1.807) is 30.3 Å². The van der Waals surface area contributed by atoms with Gasteiger partial charge in [0.25, 0.3) is 0 Å². The molecule has 1 aromatic heterocycles. The molecule has 1 heterocycles. The van der Waals surface area contributed by atoms with Gasteiger partial charge in [-0.3, -0.25) is 0 Å². The number of ether oxygens (including phenoxy) is 4. The molecular weight excluding hydrogens is 456 g/mol. The maximum atomic E-state index is 12.8. The first-order valence-electron chi connectivity index (χ1n) is 9.39. The molecule has 0 saturated heterocycles. The van der Waals surface area contributed by atoms with Gasteiger partial charge in [0.2, 0.25) is 0 Å². The zero-order valence-corrected chi connectivity index (χ0v) is 18.6. The van der Waals surface area contributed by atoms with E-state index >= 15 is 0 Å². The predicted octanol–water partition coefficient (Wildman–Crippen LogP) is 3.24. The van der Waals surface area contributed by atoms with Crippen LogP contribution in [0.1, 0.15) is 20.8 Å². The van der Waals surface area contributed by atoms with E-state index < -0.39 is 24.5 Å². The zero-order valence-electron chi connectivity index (χ0n) is 17.8. The van der Waals surface area contributed by atoms with Crippen LogP contribution in [0.2, 0.25) is 5.02 Å². The molecule has 0 spiro atoms. The van der Waals surface area contributed by atoms with Gasteiger partial charge < -0.3 is 24.1 Å². The summed E-state index contributed by atoms with van der Waals surface area (Å²) in [5, 5.41) is 13.7. The molecule has 10 nitrogen and oxygen atoms in total. The van der Waals surface area contributed by atoms with Crippen LogP contribution in [0.5, 0.6) is 11.5 Å². The minimum absolute atomic E-state index is 0.0384. The van der Waals surface area contributed by atoms with Crippen LogP contribution in [-0.4, -0.2) is 60.7 Å². The SMILES string of the molecule is COC(=O)c1c(-c2cc(Cl)cc(OC)c2OCC(=O)O)nn(-c2ccccc2)c1C(=O)OC. The number of hydrogen-bond donors (Lipinski definition) is 1. The Morgan fingerprint density at radius 2 is 1.70 bits per heavy atom. The quantitative estimate of drug-likeness (QED) is 0.489. The summed E-state index contributed by atoms with van der Waals surface area (Å²) in [6, 6.07) is 11.4. The van der Waals surface area contributed by atoms with Crippen LogP contribution in [0.25, 0.3) is 16.9 Å². The number of hydrogen-bond acceptors (Lipinski definition) is 8. The normalized spacial score (nSPS) is 10.4. The second-order valence-corrected chi connectivity index (χ2v) is 6.91. The molecule has 3 aromatic rings. The average Bonchev–Trinajstić information content (AvgIpc) is 3.22. The Morgan fingerprint density at radius 3 is 2.27 bits per heavy atom. The summed E-state index contributed by atoms with van der Waals surface area (Å²) in [6.07, 6.45) is 0. The molecule has 0 amide bonds. The third-order valence-electron chi connectivity index (χ3n) is 4.49. The first-order valence-corrected chi connectivity index (χ1v) is 9.77. The molecule has 0 aliphatic carbocycles. The molecule has 0 radical (unpaired) electrons. The van der Waals surface area contributed by atoms with Crippen LogP contribution < -0.4 is 9.47 Å². The van der Waals surface area contributed by atoms with Crippen molar-refractivity contribution in [2.75, 3.05) is 27.9 Å². The summed E-state index contributed by atoms with van der Waals surface area (Å²) >= 11 is 6.24. The number of nitrogens with zero attached hydrogens (tertiary/aromatic N) is 2. The van der Waals surface area contributed by atoms with Crippen LogP contribution >= 0.6 is 11.6 Å². The Morgan fingerprint density at radius 1 is 1.03 bits per heavy atom. The maximum absolute atomic E-state index is 12.8. The molecule has 0 unspecified atom stereocenters. The second kappa shape index (κ2) is 10.0. The van der Waals surface area contributed by atoms with Crippen molar-refractivity contribution in [1.29, 1.82) is 0 Å². The molecule has 0 bridgehead atoms. The molecule has 3 rings (SSSR count). The lowest BCUT2D eigenvalue weighted by atomic mass is 10.0. The molecule has 33 heavy (non-hydrogen) atoms. The van der Waals surface area contributed by atoms with E-state index in [-0.39, 0.29) is 39.0 Å². The van der Waals surface area contributed by atoms with E-state index in [1.807, 2.05) is 0 Å². The van der Waals surface area contributed by atoms with Gasteiger partial charge in [0.15, 0.2) is 23.8 Å². The van der Waals surface area contributed by atoms with Crippen molar-refractivity contribution in [1.82, 2.24) is 9.78 Å². The molecule has 0 aliphatic rings. The average molecular weight is 475 g/mol. The first kappa shape index (κ1) is 23.6. The minimum atomic E-state index is -1.24. The van der Waals surface area contributed by atoms with Crippen molar-refractivity contribution in [3.8, 4) is 28.4 Å². The molecule has 1 N–H and O–H groups in total. The highest BCUT2D eigenvalue weighted by Crippen LogP contribution is 2.42. The van der Waals surface area contributed by atoms with Gasteiger partial charge in [-0.25, -0.2) is 19.1 Å². The smallest absolute Gasteiger partial charge is 0.357 e. The van der Waals surface area contributed by atoms with Crippen molar-refractivity contribution < 1.29 is 38.4 Å². The van der Waals surface area contributed by atoms with Crippen LogP contribution in [0.4, 0.5) is 0 Å². The highest BCUT2D eigenvalue weighted by atomic mass is 35.5. The summed E-state index contributed by atoms with van der Waals surface area (Å²) in [5.74, 6) is -2.90. The molecular formula is C22H19ClN2O8. The Hall–Kier alpha value is -4.05. The zero-order chi connectivity index (χ0) is 24.1. The maximum Gasteiger partial charge on any atom is 0.357 e. The number of carbonyl (C=O) groups excluding carboxylic acids is 2. The summed E-state index contributed by atoms with van der Waals surface area (Å²) in [4.78, 5) is 36.7. The van der Waals surface area contributed by atoms with Gasteiger partial charge in [0, 0.05) is 11.1 Å². The number of aliphatic carboxylic acids is 1. The molecule has 11 heteroatoms. The number of halogens is 1. The summed E-state index contributed by atoms with van der Waals surface area (Å²) in [6.45, 7) is -0.707. The Kier molecular flexibility index (Phi) is 7.19. The fourth-order valence-corrected chi connectivity index (χ4v) is 3.33. The standard InChI is InChI=1S/C22H19ClN2O8/c1-30-15-10-12(23)9-14(20(15)33-11-16(26)27)18-17(21(28)31-2)19(22(29)32-3)25(24-18)13-7-5-4-6-8-13/h4-10H,11H2,1-3H3,(H,26,27). The van der Waals surface area contributed by atoms with Crippen molar-refractivity contribution in [3.05, 3.63) is 58.7 Å². The van der Waals surface area contributed by atoms with E-state index in [0.29, 0.717) is 5.69 Å². The number of aromatic nitrogens is 2. The van der Waals surface area contributed by atoms with Gasteiger partial charge in [-0.05, 0) is 18.2 Å². The first-order chi connectivity index (χ1) is 15.8. The summed E-state index contributed by atoms with van der Waals surface area (Å²) in [7, 11) is 3.65. The number of rotatable bonds is 8. The van der Waals surface area contributed by atoms with Crippen LogP contribution in [0.3, 0.4) is 0 Å². The number of methoxy groups -OCH3 is 3. The van der Waals surface area contributed by atoms with Gasteiger partial charge >= 0.3 is 17.9 Å². The number of carboxylic acids is 1.